The van der Waals surface area contributed by atoms with Crippen LogP contribution in [0.1, 0.15) is 24.0 Å². The normalized spacial score (nSPS) is 12.2. The molecule has 0 saturated heterocycles. The van der Waals surface area contributed by atoms with Gasteiger partial charge in [0.05, 0.1) is 16.6 Å². The Kier molecular flexibility index (Phi) is 4.03. The van der Waals surface area contributed by atoms with Crippen molar-refractivity contribution in [1.82, 2.24) is 24.5 Å². The number of hydrogen-bond donors (Lipinski definition) is 1. The van der Waals surface area contributed by atoms with Crippen LogP contribution < -0.4 is 0 Å². The molecule has 9 heteroatoms. The molecule has 1 aromatic carbocycles. The van der Waals surface area contributed by atoms with Crippen LogP contribution in [0.5, 0.6) is 0 Å². The van der Waals surface area contributed by atoms with Crippen molar-refractivity contribution < 1.29 is 13.2 Å². The molecule has 0 unspecified atom stereocenters. The number of benzene rings is 1. The van der Waals surface area contributed by atoms with Gasteiger partial charge in [0.15, 0.2) is 10.8 Å². The molecule has 0 radical (unpaired) electrons. The fourth-order valence-electron chi connectivity index (χ4n) is 2.91. The van der Waals surface area contributed by atoms with E-state index >= 15 is 0 Å². The molecule has 4 aromatic rings. The number of aromatic nitrogens is 5. The van der Waals surface area contributed by atoms with Crippen molar-refractivity contribution in [2.45, 2.75) is 26.1 Å². The van der Waals surface area contributed by atoms with Crippen LogP contribution in [0.4, 0.5) is 13.2 Å². The third-order valence-corrected chi connectivity index (χ3v) is 4.86. The minimum Gasteiger partial charge on any atom is -0.339 e. The summed E-state index contributed by atoms with van der Waals surface area (Å²) in [5.74, 6) is 1.37. The van der Waals surface area contributed by atoms with Crippen LogP contribution in [-0.2, 0) is 19.1 Å². The van der Waals surface area contributed by atoms with Gasteiger partial charge in [0.25, 0.3) is 0 Å². The maximum Gasteiger partial charge on any atom is 0.416 e. The quantitative estimate of drug-likeness (QED) is 0.569. The Balaban J connectivity index is 1.70. The van der Waals surface area contributed by atoms with Crippen LogP contribution in [0.2, 0.25) is 0 Å². The number of halogens is 3. The molecule has 0 amide bonds. The maximum absolute atomic E-state index is 12.9. The predicted octanol–water partition coefficient (Wildman–Crippen LogP) is 4.51. The van der Waals surface area contributed by atoms with Crippen molar-refractivity contribution >= 4 is 22.4 Å². The minimum atomic E-state index is -4.38. The highest BCUT2D eigenvalue weighted by atomic mass is 32.1. The predicted molar refractivity (Wildman–Crippen MR) is 92.9 cm³/mol. The van der Waals surface area contributed by atoms with Crippen molar-refractivity contribution in [3.8, 4) is 10.8 Å². The van der Waals surface area contributed by atoms with E-state index in [0.717, 1.165) is 22.8 Å². The molecule has 26 heavy (non-hydrogen) atoms. The SMILES string of the molecule is CCn1c(Cc2cnc(-c3nccs3)[nH]2)nc2cc(C(F)(F)F)ccc21. The molecule has 0 bridgehead atoms. The van der Waals surface area contributed by atoms with Crippen molar-refractivity contribution in [3.05, 3.63) is 53.1 Å². The first-order chi connectivity index (χ1) is 12.5. The van der Waals surface area contributed by atoms with E-state index in [0.29, 0.717) is 35.6 Å². The molecule has 1 N–H and O–H groups in total. The molecule has 0 fully saturated rings. The number of aromatic amines is 1. The van der Waals surface area contributed by atoms with Crippen LogP contribution in [0.15, 0.2) is 36.0 Å². The van der Waals surface area contributed by atoms with Gasteiger partial charge in [0, 0.05) is 36.4 Å². The van der Waals surface area contributed by atoms with Crippen molar-refractivity contribution in [2.24, 2.45) is 0 Å². The van der Waals surface area contributed by atoms with Crippen LogP contribution in [0.3, 0.4) is 0 Å². The van der Waals surface area contributed by atoms with Gasteiger partial charge in [-0.3, -0.25) is 0 Å². The average molecular weight is 377 g/mol. The highest BCUT2D eigenvalue weighted by Gasteiger charge is 2.31. The third-order valence-electron chi connectivity index (χ3n) is 4.08. The highest BCUT2D eigenvalue weighted by molar-refractivity contribution is 7.13. The molecule has 0 atom stereocenters. The van der Waals surface area contributed by atoms with Gasteiger partial charge in [-0.15, -0.1) is 11.3 Å². The average Bonchev–Trinajstić information content (AvgIpc) is 3.32. The van der Waals surface area contributed by atoms with Gasteiger partial charge in [0.2, 0.25) is 0 Å². The Labute approximate surface area is 150 Å². The molecule has 4 rings (SSSR count). The largest absolute Gasteiger partial charge is 0.416 e. The summed E-state index contributed by atoms with van der Waals surface area (Å²) in [7, 11) is 0. The molecule has 0 aliphatic heterocycles. The van der Waals surface area contributed by atoms with Crippen molar-refractivity contribution in [1.29, 1.82) is 0 Å². The van der Waals surface area contributed by atoms with Crippen LogP contribution in [0.25, 0.3) is 21.9 Å². The van der Waals surface area contributed by atoms with Crippen LogP contribution in [0, 0.1) is 0 Å². The second-order valence-electron chi connectivity index (χ2n) is 5.74. The number of H-pyrrole nitrogens is 1. The molecule has 0 saturated carbocycles. The first-order valence-corrected chi connectivity index (χ1v) is 8.83. The molecule has 3 aromatic heterocycles. The van der Waals surface area contributed by atoms with Gasteiger partial charge in [0.1, 0.15) is 5.82 Å². The standard InChI is InChI=1S/C17H14F3N5S/c1-2-25-13-4-3-10(17(18,19)20)7-12(13)24-14(25)8-11-9-22-15(23-11)16-21-5-6-26-16/h3-7,9H,2,8H2,1H3,(H,22,23). The Bertz CT molecular complexity index is 1050. The molecule has 5 nitrogen and oxygen atoms in total. The van der Waals surface area contributed by atoms with E-state index in [1.807, 2.05) is 16.9 Å². The van der Waals surface area contributed by atoms with Gasteiger partial charge >= 0.3 is 6.18 Å². The smallest absolute Gasteiger partial charge is 0.339 e. The van der Waals surface area contributed by atoms with Gasteiger partial charge in [-0.1, -0.05) is 0 Å². The molecule has 0 aliphatic carbocycles. The van der Waals surface area contributed by atoms with E-state index in [-0.39, 0.29) is 0 Å². The number of alkyl halides is 3. The zero-order valence-electron chi connectivity index (χ0n) is 13.7. The van der Waals surface area contributed by atoms with Gasteiger partial charge in [-0.25, -0.2) is 15.0 Å². The van der Waals surface area contributed by atoms with Crippen LogP contribution >= 0.6 is 11.3 Å². The molecule has 134 valence electrons. The number of aryl methyl sites for hydroxylation is 1. The summed E-state index contributed by atoms with van der Waals surface area (Å²) in [6.07, 6.45) is -0.521. The number of nitrogens with zero attached hydrogens (tertiary/aromatic N) is 4. The maximum atomic E-state index is 12.9. The van der Waals surface area contributed by atoms with Crippen molar-refractivity contribution in [2.75, 3.05) is 0 Å². The summed E-state index contributed by atoms with van der Waals surface area (Å²) in [5.41, 5.74) is 1.17. The Hall–Kier alpha value is -2.68. The van der Waals surface area contributed by atoms with Crippen LogP contribution in [-0.4, -0.2) is 24.5 Å². The summed E-state index contributed by atoms with van der Waals surface area (Å²) >= 11 is 1.48. The summed E-state index contributed by atoms with van der Waals surface area (Å²) in [4.78, 5) is 16.1. The lowest BCUT2D eigenvalue weighted by Gasteiger charge is -2.07. The van der Waals surface area contributed by atoms with Gasteiger partial charge < -0.3 is 9.55 Å². The molecular formula is C17H14F3N5S. The summed E-state index contributed by atoms with van der Waals surface area (Å²) < 4.78 is 40.7. The van der Waals surface area contributed by atoms with E-state index < -0.39 is 11.7 Å². The molecule has 0 spiro atoms. The zero-order chi connectivity index (χ0) is 18.3. The number of nitrogens with one attached hydrogen (secondary N) is 1. The third kappa shape index (κ3) is 2.98. The van der Waals surface area contributed by atoms with E-state index in [2.05, 4.69) is 19.9 Å². The van der Waals surface area contributed by atoms with E-state index in [4.69, 9.17) is 0 Å². The highest BCUT2D eigenvalue weighted by Crippen LogP contribution is 2.31. The molecule has 3 heterocycles. The van der Waals surface area contributed by atoms with E-state index in [9.17, 15) is 13.2 Å². The number of thiazole rings is 1. The Morgan fingerprint density at radius 2 is 2.08 bits per heavy atom. The summed E-state index contributed by atoms with van der Waals surface area (Å²) in [6.45, 7) is 2.56. The fourth-order valence-corrected chi connectivity index (χ4v) is 3.50. The second-order valence-corrected chi connectivity index (χ2v) is 6.64. The van der Waals surface area contributed by atoms with Gasteiger partial charge in [-0.2, -0.15) is 13.2 Å². The summed E-state index contributed by atoms with van der Waals surface area (Å²) in [6, 6.07) is 3.67. The number of rotatable bonds is 4. The van der Waals surface area contributed by atoms with E-state index in [1.165, 1.54) is 17.4 Å². The van der Waals surface area contributed by atoms with Gasteiger partial charge in [-0.05, 0) is 25.1 Å². The first-order valence-electron chi connectivity index (χ1n) is 7.96. The summed E-state index contributed by atoms with van der Waals surface area (Å²) in [5, 5.41) is 2.65. The Morgan fingerprint density at radius 3 is 2.77 bits per heavy atom. The fraction of sp³-hybridized carbons (Fsp3) is 0.235. The molecule has 0 aliphatic rings. The Morgan fingerprint density at radius 1 is 1.23 bits per heavy atom. The lowest BCUT2D eigenvalue weighted by Crippen LogP contribution is -2.04. The minimum absolute atomic E-state index is 0.344. The second kappa shape index (κ2) is 6.24. The van der Waals surface area contributed by atoms with E-state index in [1.54, 1.807) is 12.4 Å². The monoisotopic (exact) mass is 377 g/mol. The number of fused-ring (bicyclic) bond motifs is 1. The number of hydrogen-bond acceptors (Lipinski definition) is 4. The topological polar surface area (TPSA) is 59.4 Å². The number of imidazole rings is 2. The zero-order valence-corrected chi connectivity index (χ0v) is 14.5. The van der Waals surface area contributed by atoms with Crippen molar-refractivity contribution in [3.63, 3.8) is 0 Å². The first kappa shape index (κ1) is 16.8. The lowest BCUT2D eigenvalue weighted by atomic mass is 10.2. The molecular weight excluding hydrogens is 363 g/mol. The lowest BCUT2D eigenvalue weighted by molar-refractivity contribution is -0.137.